The van der Waals surface area contributed by atoms with Crippen molar-refractivity contribution in [3.63, 3.8) is 0 Å². The second-order valence-corrected chi connectivity index (χ2v) is 9.28. The fraction of sp³-hybridized carbons (Fsp3) is 0.381. The summed E-state index contributed by atoms with van der Waals surface area (Å²) in [4.78, 5) is 15.0. The van der Waals surface area contributed by atoms with Crippen LogP contribution in [0.15, 0.2) is 59.5 Å². The Morgan fingerprint density at radius 1 is 1.14 bits per heavy atom. The molecule has 1 heterocycles. The number of nitrogens with zero attached hydrogens (tertiary/aromatic N) is 1. The van der Waals surface area contributed by atoms with Crippen LogP contribution in [0.3, 0.4) is 0 Å². The van der Waals surface area contributed by atoms with Gasteiger partial charge in [-0.3, -0.25) is 4.79 Å². The Labute approximate surface area is 173 Å². The Hall–Kier alpha value is -1.89. The number of likely N-dealkylation sites (tertiary alicyclic amines) is 1. The van der Waals surface area contributed by atoms with E-state index in [1.807, 2.05) is 18.2 Å². The molecule has 2 unspecified atom stereocenters. The van der Waals surface area contributed by atoms with E-state index in [-0.39, 0.29) is 35.0 Å². The summed E-state index contributed by atoms with van der Waals surface area (Å²) in [6, 6.07) is 15.4. The average Bonchev–Trinajstić information content (AvgIpc) is 2.68. The van der Waals surface area contributed by atoms with Crippen LogP contribution in [-0.2, 0) is 15.6 Å². The molecule has 2 aromatic carbocycles. The number of amides is 1. The second-order valence-electron chi connectivity index (χ2n) is 7.29. The van der Waals surface area contributed by atoms with Gasteiger partial charge in [0.25, 0.3) is 5.91 Å². The standard InChI is InChI=1S/C21H26N2O3S.ClH/c1-16-10-11-23(19(12-16)14-22)21(24)18-8-5-9-20(13-18)27(25,26)15-17-6-3-2-4-7-17;/h2-9,13,16,19H,10-12,14-15,22H2,1H3;1H. The van der Waals surface area contributed by atoms with E-state index in [0.717, 1.165) is 18.4 Å². The monoisotopic (exact) mass is 422 g/mol. The predicted octanol–water partition coefficient (Wildman–Crippen LogP) is 3.28. The normalized spacial score (nSPS) is 19.7. The third-order valence-electron chi connectivity index (χ3n) is 5.15. The third kappa shape index (κ3) is 5.13. The molecule has 2 aromatic rings. The van der Waals surface area contributed by atoms with Crippen molar-refractivity contribution in [2.75, 3.05) is 13.1 Å². The van der Waals surface area contributed by atoms with Gasteiger partial charge in [-0.05, 0) is 42.5 Å². The second kappa shape index (κ2) is 9.54. The van der Waals surface area contributed by atoms with Gasteiger partial charge in [0.05, 0.1) is 10.6 Å². The lowest BCUT2D eigenvalue weighted by Crippen LogP contribution is -2.49. The van der Waals surface area contributed by atoms with Crippen molar-refractivity contribution in [3.8, 4) is 0 Å². The van der Waals surface area contributed by atoms with Gasteiger partial charge in [0.15, 0.2) is 9.84 Å². The van der Waals surface area contributed by atoms with Gasteiger partial charge in [0, 0.05) is 24.7 Å². The van der Waals surface area contributed by atoms with E-state index in [1.54, 1.807) is 35.2 Å². The molecule has 0 saturated carbocycles. The number of carbonyl (C=O) groups excluding carboxylic acids is 1. The lowest BCUT2D eigenvalue weighted by molar-refractivity contribution is 0.0573. The zero-order valence-electron chi connectivity index (χ0n) is 16.0. The van der Waals surface area contributed by atoms with Gasteiger partial charge in [-0.1, -0.05) is 43.3 Å². The quantitative estimate of drug-likeness (QED) is 0.801. The first kappa shape index (κ1) is 22.4. The summed E-state index contributed by atoms with van der Waals surface area (Å²) in [6.45, 7) is 3.24. The first-order valence-electron chi connectivity index (χ1n) is 9.28. The van der Waals surface area contributed by atoms with Crippen LogP contribution < -0.4 is 5.73 Å². The van der Waals surface area contributed by atoms with Crippen molar-refractivity contribution >= 4 is 28.2 Å². The van der Waals surface area contributed by atoms with E-state index in [0.29, 0.717) is 24.6 Å². The fourth-order valence-electron chi connectivity index (χ4n) is 3.61. The van der Waals surface area contributed by atoms with Gasteiger partial charge in [0.2, 0.25) is 0 Å². The van der Waals surface area contributed by atoms with Crippen LogP contribution in [-0.4, -0.2) is 38.4 Å². The summed E-state index contributed by atoms with van der Waals surface area (Å²) in [5.74, 6) is 0.312. The molecule has 0 spiro atoms. The number of sulfone groups is 1. The molecular weight excluding hydrogens is 396 g/mol. The van der Waals surface area contributed by atoms with E-state index in [2.05, 4.69) is 6.92 Å². The molecule has 152 valence electrons. The molecule has 1 aliphatic rings. The number of benzene rings is 2. The number of halogens is 1. The van der Waals surface area contributed by atoms with E-state index in [1.165, 1.54) is 6.07 Å². The van der Waals surface area contributed by atoms with E-state index >= 15 is 0 Å². The molecule has 0 aromatic heterocycles. The molecule has 7 heteroatoms. The van der Waals surface area contributed by atoms with Crippen LogP contribution in [0.4, 0.5) is 0 Å². The highest BCUT2D eigenvalue weighted by atomic mass is 35.5. The molecule has 1 amide bonds. The van der Waals surface area contributed by atoms with Crippen molar-refractivity contribution in [2.45, 2.75) is 36.5 Å². The highest BCUT2D eigenvalue weighted by Gasteiger charge is 2.30. The zero-order valence-corrected chi connectivity index (χ0v) is 17.6. The van der Waals surface area contributed by atoms with E-state index in [9.17, 15) is 13.2 Å². The molecule has 0 bridgehead atoms. The molecule has 1 saturated heterocycles. The summed E-state index contributed by atoms with van der Waals surface area (Å²) in [5, 5.41) is 0. The maximum absolute atomic E-state index is 13.0. The topological polar surface area (TPSA) is 80.5 Å². The van der Waals surface area contributed by atoms with Gasteiger partial charge in [0.1, 0.15) is 0 Å². The minimum atomic E-state index is -3.52. The van der Waals surface area contributed by atoms with Crippen molar-refractivity contribution in [2.24, 2.45) is 11.7 Å². The van der Waals surface area contributed by atoms with Crippen molar-refractivity contribution in [1.29, 1.82) is 0 Å². The smallest absolute Gasteiger partial charge is 0.254 e. The largest absolute Gasteiger partial charge is 0.334 e. The van der Waals surface area contributed by atoms with Crippen molar-refractivity contribution in [1.82, 2.24) is 4.90 Å². The van der Waals surface area contributed by atoms with Gasteiger partial charge in [-0.15, -0.1) is 12.4 Å². The van der Waals surface area contributed by atoms with Crippen LogP contribution in [0.2, 0.25) is 0 Å². The predicted molar refractivity (Wildman–Crippen MR) is 113 cm³/mol. The number of nitrogens with two attached hydrogens (primary N) is 1. The molecule has 5 nitrogen and oxygen atoms in total. The summed E-state index contributed by atoms with van der Waals surface area (Å²) in [6.07, 6.45) is 1.82. The molecule has 1 aliphatic heterocycles. The van der Waals surface area contributed by atoms with Gasteiger partial charge in [-0.25, -0.2) is 8.42 Å². The Kier molecular flexibility index (Phi) is 7.63. The van der Waals surface area contributed by atoms with E-state index in [4.69, 9.17) is 5.73 Å². The number of carbonyl (C=O) groups is 1. The lowest BCUT2D eigenvalue weighted by atomic mass is 9.92. The number of piperidine rings is 1. The van der Waals surface area contributed by atoms with Crippen molar-refractivity contribution < 1.29 is 13.2 Å². The highest BCUT2D eigenvalue weighted by molar-refractivity contribution is 7.90. The molecule has 3 rings (SSSR count). The molecule has 1 fully saturated rings. The third-order valence-corrected chi connectivity index (χ3v) is 6.84. The fourth-order valence-corrected chi connectivity index (χ4v) is 5.00. The van der Waals surface area contributed by atoms with E-state index < -0.39 is 9.84 Å². The van der Waals surface area contributed by atoms with Gasteiger partial charge < -0.3 is 10.6 Å². The minimum Gasteiger partial charge on any atom is -0.334 e. The Morgan fingerprint density at radius 2 is 1.86 bits per heavy atom. The van der Waals surface area contributed by atoms with Crippen LogP contribution in [0, 0.1) is 5.92 Å². The maximum atomic E-state index is 13.0. The molecule has 2 N–H and O–H groups in total. The van der Waals surface area contributed by atoms with Crippen LogP contribution in [0.25, 0.3) is 0 Å². The first-order chi connectivity index (χ1) is 12.9. The van der Waals surface area contributed by atoms with Gasteiger partial charge >= 0.3 is 0 Å². The van der Waals surface area contributed by atoms with Crippen LogP contribution in [0.5, 0.6) is 0 Å². The number of rotatable bonds is 5. The summed E-state index contributed by atoms with van der Waals surface area (Å²) >= 11 is 0. The molecular formula is C21H27ClN2O3S. The number of hydrogen-bond acceptors (Lipinski definition) is 4. The summed E-state index contributed by atoms with van der Waals surface area (Å²) < 4.78 is 25.5. The molecule has 2 atom stereocenters. The molecule has 0 aliphatic carbocycles. The minimum absolute atomic E-state index is 0. The van der Waals surface area contributed by atoms with Crippen LogP contribution in [0.1, 0.15) is 35.7 Å². The summed E-state index contributed by atoms with van der Waals surface area (Å²) in [5.41, 5.74) is 6.99. The highest BCUT2D eigenvalue weighted by Crippen LogP contribution is 2.25. The first-order valence-corrected chi connectivity index (χ1v) is 10.9. The average molecular weight is 423 g/mol. The van der Waals surface area contributed by atoms with Crippen LogP contribution >= 0.6 is 12.4 Å². The summed E-state index contributed by atoms with van der Waals surface area (Å²) in [7, 11) is -3.52. The SMILES string of the molecule is CC1CCN(C(=O)c2cccc(S(=O)(=O)Cc3ccccc3)c2)C(CN)C1.Cl. The zero-order chi connectivity index (χ0) is 19.4. The Balaban J connectivity index is 0.00000280. The van der Waals surface area contributed by atoms with Gasteiger partial charge in [-0.2, -0.15) is 0 Å². The molecule has 0 radical (unpaired) electrons. The lowest BCUT2D eigenvalue weighted by Gasteiger charge is -2.38. The molecule has 28 heavy (non-hydrogen) atoms. The Morgan fingerprint density at radius 3 is 2.54 bits per heavy atom. The Bertz CT molecular complexity index is 903. The van der Waals surface area contributed by atoms with Crippen molar-refractivity contribution in [3.05, 3.63) is 65.7 Å². The number of hydrogen-bond donors (Lipinski definition) is 1. The maximum Gasteiger partial charge on any atom is 0.254 e.